The number of likely N-dealkylation sites (N-methyl/N-ethyl adjacent to an activating group) is 1. The average Bonchev–Trinajstić information content (AvgIpc) is 2.46. The lowest BCUT2D eigenvalue weighted by Gasteiger charge is -2.29. The molecule has 0 aromatic carbocycles. The van der Waals surface area contributed by atoms with Crippen LogP contribution >= 0.6 is 0 Å². The van der Waals surface area contributed by atoms with Crippen molar-refractivity contribution in [3.05, 3.63) is 35.8 Å². The number of primary amides is 1. The molecule has 6 nitrogen and oxygen atoms in total. The number of morpholine rings is 1. The van der Waals surface area contributed by atoms with Gasteiger partial charge in [0.2, 0.25) is 0 Å². The van der Waals surface area contributed by atoms with Crippen LogP contribution in [0.15, 0.2) is 24.4 Å². The first kappa shape index (κ1) is 13.9. The molecule has 3 rings (SSSR count). The van der Waals surface area contributed by atoms with E-state index < -0.39 is 5.91 Å². The average molecular weight is 286 g/mol. The van der Waals surface area contributed by atoms with Crippen LogP contribution in [0.1, 0.15) is 16.2 Å². The van der Waals surface area contributed by atoms with Crippen LogP contribution in [0.4, 0.5) is 0 Å². The molecular formula is C15H18N4O2. The lowest BCUT2D eigenvalue weighted by molar-refractivity contribution is -0.0189. The normalized spacial score (nSPS) is 19.8. The van der Waals surface area contributed by atoms with Crippen molar-refractivity contribution in [2.24, 2.45) is 5.73 Å². The number of aromatic nitrogens is 2. The minimum Gasteiger partial charge on any atom is -0.375 e. The molecule has 1 aliphatic rings. The lowest BCUT2D eigenvalue weighted by atomic mass is 10.1. The molecule has 1 unspecified atom stereocenters. The Balaban J connectivity index is 1.81. The number of pyridine rings is 2. The minimum atomic E-state index is -0.528. The van der Waals surface area contributed by atoms with Crippen molar-refractivity contribution in [3.63, 3.8) is 0 Å². The zero-order valence-corrected chi connectivity index (χ0v) is 12.0. The topological polar surface area (TPSA) is 81.3 Å². The van der Waals surface area contributed by atoms with E-state index in [0.29, 0.717) is 0 Å². The second kappa shape index (κ2) is 5.75. The van der Waals surface area contributed by atoms with Gasteiger partial charge in [0.05, 0.1) is 24.4 Å². The smallest absolute Gasteiger partial charge is 0.267 e. The van der Waals surface area contributed by atoms with E-state index in [1.54, 1.807) is 12.3 Å². The van der Waals surface area contributed by atoms with Crippen LogP contribution in [0.5, 0.6) is 0 Å². The zero-order valence-electron chi connectivity index (χ0n) is 12.0. The van der Waals surface area contributed by atoms with E-state index in [1.807, 2.05) is 12.1 Å². The zero-order chi connectivity index (χ0) is 14.8. The number of carbonyl (C=O) groups excluding carboxylic acids is 1. The van der Waals surface area contributed by atoms with E-state index in [2.05, 4.69) is 21.9 Å². The highest BCUT2D eigenvalue weighted by Crippen LogP contribution is 2.15. The number of fused-ring (bicyclic) bond motifs is 1. The predicted molar refractivity (Wildman–Crippen MR) is 79.0 cm³/mol. The fraction of sp³-hybridized carbons (Fsp3) is 0.400. The summed E-state index contributed by atoms with van der Waals surface area (Å²) >= 11 is 0. The van der Waals surface area contributed by atoms with Crippen LogP contribution in [0.3, 0.4) is 0 Å². The summed E-state index contributed by atoms with van der Waals surface area (Å²) in [5.74, 6) is -0.528. The SMILES string of the molecule is CN1CCOC(Cc2ccc3cc(C(N)=O)ncc3n2)C1. The highest BCUT2D eigenvalue weighted by Gasteiger charge is 2.18. The van der Waals surface area contributed by atoms with Crippen molar-refractivity contribution in [1.82, 2.24) is 14.9 Å². The molecule has 110 valence electrons. The summed E-state index contributed by atoms with van der Waals surface area (Å²) in [4.78, 5) is 22.0. The molecule has 2 aromatic rings. The van der Waals surface area contributed by atoms with Crippen LogP contribution in [0.2, 0.25) is 0 Å². The fourth-order valence-electron chi connectivity index (χ4n) is 2.54. The largest absolute Gasteiger partial charge is 0.375 e. The van der Waals surface area contributed by atoms with Gasteiger partial charge in [0.15, 0.2) is 0 Å². The van der Waals surface area contributed by atoms with Gasteiger partial charge in [-0.15, -0.1) is 0 Å². The van der Waals surface area contributed by atoms with Crippen LogP contribution in [0.25, 0.3) is 10.9 Å². The Kier molecular flexibility index (Phi) is 3.81. The first-order valence-electron chi connectivity index (χ1n) is 6.97. The number of amides is 1. The second-order valence-corrected chi connectivity index (χ2v) is 5.39. The van der Waals surface area contributed by atoms with Crippen LogP contribution in [0, 0.1) is 0 Å². The van der Waals surface area contributed by atoms with E-state index in [-0.39, 0.29) is 11.8 Å². The van der Waals surface area contributed by atoms with Gasteiger partial charge in [0, 0.05) is 30.6 Å². The Morgan fingerprint density at radius 1 is 1.52 bits per heavy atom. The molecule has 0 radical (unpaired) electrons. The summed E-state index contributed by atoms with van der Waals surface area (Å²) in [5, 5.41) is 0.865. The maximum absolute atomic E-state index is 11.1. The lowest BCUT2D eigenvalue weighted by Crippen LogP contribution is -2.41. The third-order valence-corrected chi connectivity index (χ3v) is 3.66. The maximum atomic E-state index is 11.1. The molecule has 1 saturated heterocycles. The number of hydrogen-bond donors (Lipinski definition) is 1. The molecule has 1 aliphatic heterocycles. The molecule has 1 atom stereocenters. The summed E-state index contributed by atoms with van der Waals surface area (Å²) < 4.78 is 5.76. The summed E-state index contributed by atoms with van der Waals surface area (Å²) in [6.45, 7) is 2.65. The number of carbonyl (C=O) groups is 1. The van der Waals surface area contributed by atoms with Crippen LogP contribution in [-0.2, 0) is 11.2 Å². The highest BCUT2D eigenvalue weighted by atomic mass is 16.5. The molecule has 2 aromatic heterocycles. The Bertz CT molecular complexity index is 674. The number of nitrogens with zero attached hydrogens (tertiary/aromatic N) is 3. The van der Waals surface area contributed by atoms with Crippen LogP contribution in [-0.4, -0.2) is 53.6 Å². The Hall–Kier alpha value is -2.05. The summed E-state index contributed by atoms with van der Waals surface area (Å²) in [6, 6.07) is 5.57. The van der Waals surface area contributed by atoms with Gasteiger partial charge in [-0.3, -0.25) is 9.78 Å². The first-order valence-corrected chi connectivity index (χ1v) is 6.97. The van der Waals surface area contributed by atoms with Gasteiger partial charge >= 0.3 is 0 Å². The molecule has 0 saturated carbocycles. The first-order chi connectivity index (χ1) is 10.1. The van der Waals surface area contributed by atoms with Gasteiger partial charge in [0.25, 0.3) is 5.91 Å². The Morgan fingerprint density at radius 2 is 2.38 bits per heavy atom. The molecule has 1 fully saturated rings. The van der Waals surface area contributed by atoms with E-state index >= 15 is 0 Å². The van der Waals surface area contributed by atoms with E-state index in [0.717, 1.165) is 42.7 Å². The summed E-state index contributed by atoms with van der Waals surface area (Å²) in [7, 11) is 2.10. The second-order valence-electron chi connectivity index (χ2n) is 5.39. The van der Waals surface area contributed by atoms with Crippen molar-refractivity contribution in [2.75, 3.05) is 26.7 Å². The summed E-state index contributed by atoms with van der Waals surface area (Å²) in [5.41, 5.74) is 7.22. The van der Waals surface area contributed by atoms with Crippen LogP contribution < -0.4 is 5.73 Å². The van der Waals surface area contributed by atoms with Gasteiger partial charge in [-0.25, -0.2) is 4.98 Å². The van der Waals surface area contributed by atoms with Crippen molar-refractivity contribution in [1.29, 1.82) is 0 Å². The quantitative estimate of drug-likeness (QED) is 0.893. The molecular weight excluding hydrogens is 268 g/mol. The molecule has 2 N–H and O–H groups in total. The molecule has 0 aliphatic carbocycles. The van der Waals surface area contributed by atoms with Crippen molar-refractivity contribution in [3.8, 4) is 0 Å². The highest BCUT2D eigenvalue weighted by molar-refractivity contribution is 5.94. The monoisotopic (exact) mass is 286 g/mol. The van der Waals surface area contributed by atoms with Gasteiger partial charge in [-0.1, -0.05) is 6.07 Å². The number of nitrogens with two attached hydrogens (primary N) is 1. The van der Waals surface area contributed by atoms with Crippen molar-refractivity contribution < 1.29 is 9.53 Å². The number of ether oxygens (including phenoxy) is 1. The Labute approximate surface area is 122 Å². The summed E-state index contributed by atoms with van der Waals surface area (Å²) in [6.07, 6.45) is 2.54. The van der Waals surface area contributed by atoms with E-state index in [1.165, 1.54) is 0 Å². The molecule has 0 spiro atoms. The molecule has 1 amide bonds. The Morgan fingerprint density at radius 3 is 3.14 bits per heavy atom. The number of hydrogen-bond acceptors (Lipinski definition) is 5. The standard InChI is InChI=1S/C15H18N4O2/c1-19-4-5-21-12(9-19)7-11-3-2-10-6-13(15(16)20)17-8-14(10)18-11/h2-3,6,8,12H,4-5,7,9H2,1H3,(H2,16,20). The minimum absolute atomic E-state index is 0.173. The molecule has 21 heavy (non-hydrogen) atoms. The van der Waals surface area contributed by atoms with Gasteiger partial charge < -0.3 is 15.4 Å². The van der Waals surface area contributed by atoms with Gasteiger partial charge in [-0.05, 0) is 19.2 Å². The number of rotatable bonds is 3. The van der Waals surface area contributed by atoms with Gasteiger partial charge in [-0.2, -0.15) is 0 Å². The van der Waals surface area contributed by atoms with Crippen molar-refractivity contribution in [2.45, 2.75) is 12.5 Å². The third-order valence-electron chi connectivity index (χ3n) is 3.66. The van der Waals surface area contributed by atoms with E-state index in [9.17, 15) is 4.79 Å². The maximum Gasteiger partial charge on any atom is 0.267 e. The van der Waals surface area contributed by atoms with E-state index in [4.69, 9.17) is 10.5 Å². The molecule has 0 bridgehead atoms. The molecule has 3 heterocycles. The predicted octanol–water partition coefficient (Wildman–Crippen LogP) is 0.602. The third kappa shape index (κ3) is 3.17. The van der Waals surface area contributed by atoms with Crippen molar-refractivity contribution >= 4 is 16.8 Å². The fourth-order valence-corrected chi connectivity index (χ4v) is 2.54. The molecule has 6 heteroatoms. The van der Waals surface area contributed by atoms with Gasteiger partial charge in [0.1, 0.15) is 5.69 Å².